The maximum absolute atomic E-state index is 12.3. The minimum atomic E-state index is -0.185. The minimum absolute atomic E-state index is 0.129. The average molecular weight is 325 g/mol. The van der Waals surface area contributed by atoms with Crippen LogP contribution in [0.3, 0.4) is 0 Å². The first-order chi connectivity index (χ1) is 11.6. The van der Waals surface area contributed by atoms with E-state index in [1.165, 1.54) is 14.2 Å². The molecule has 0 fully saturated rings. The normalized spacial score (nSPS) is 9.75. The predicted octanol–water partition coefficient (Wildman–Crippen LogP) is 2.87. The number of ether oxygens (including phenoxy) is 3. The molecule has 5 nitrogen and oxygen atoms in total. The number of terminal acetylenes is 1. The summed E-state index contributed by atoms with van der Waals surface area (Å²) >= 11 is 0. The van der Waals surface area contributed by atoms with Crippen molar-refractivity contribution in [3.8, 4) is 29.6 Å². The lowest BCUT2D eigenvalue weighted by Gasteiger charge is -2.15. The fourth-order valence-corrected chi connectivity index (χ4v) is 2.37. The summed E-state index contributed by atoms with van der Waals surface area (Å²) < 4.78 is 15.9. The zero-order chi connectivity index (χ0) is 17.5. The van der Waals surface area contributed by atoms with Gasteiger partial charge in [0.1, 0.15) is 0 Å². The second-order valence-corrected chi connectivity index (χ2v) is 4.94. The van der Waals surface area contributed by atoms with Gasteiger partial charge in [-0.1, -0.05) is 18.1 Å². The highest BCUT2D eigenvalue weighted by atomic mass is 16.5. The Morgan fingerprint density at radius 1 is 1.08 bits per heavy atom. The lowest BCUT2D eigenvalue weighted by Crippen LogP contribution is -2.15. The average Bonchev–Trinajstić information content (AvgIpc) is 2.61. The van der Waals surface area contributed by atoms with E-state index in [1.807, 2.05) is 0 Å². The van der Waals surface area contributed by atoms with Crippen molar-refractivity contribution in [3.63, 3.8) is 0 Å². The molecule has 2 rings (SSSR count). The Bertz CT molecular complexity index is 777. The Balaban J connectivity index is 2.21. The Labute approximate surface area is 141 Å². The topological polar surface area (TPSA) is 56.8 Å². The first-order valence-electron chi connectivity index (χ1n) is 7.27. The third-order valence-electron chi connectivity index (χ3n) is 3.45. The van der Waals surface area contributed by atoms with Gasteiger partial charge in [-0.15, -0.1) is 6.42 Å². The number of benzene rings is 2. The van der Waals surface area contributed by atoms with Gasteiger partial charge in [0.05, 0.1) is 27.8 Å². The minimum Gasteiger partial charge on any atom is -0.493 e. The fraction of sp³-hybridized carbons (Fsp3) is 0.211. The molecular weight excluding hydrogens is 306 g/mol. The van der Waals surface area contributed by atoms with Gasteiger partial charge in [-0.3, -0.25) is 4.79 Å². The van der Waals surface area contributed by atoms with Crippen molar-refractivity contribution in [2.45, 2.75) is 6.42 Å². The number of anilines is 1. The SMILES string of the molecule is C#Cc1cccc(NC(=O)Cc2ccc(OC)c(OC)c2OC)c1. The van der Waals surface area contributed by atoms with Gasteiger partial charge in [-0.05, 0) is 24.3 Å². The molecule has 1 N–H and O–H groups in total. The summed E-state index contributed by atoms with van der Waals surface area (Å²) in [6.07, 6.45) is 5.49. The molecule has 2 aromatic rings. The highest BCUT2D eigenvalue weighted by molar-refractivity contribution is 5.93. The van der Waals surface area contributed by atoms with Crippen molar-refractivity contribution in [2.75, 3.05) is 26.6 Å². The smallest absolute Gasteiger partial charge is 0.228 e. The van der Waals surface area contributed by atoms with Gasteiger partial charge >= 0.3 is 0 Å². The summed E-state index contributed by atoms with van der Waals surface area (Å²) in [5, 5.41) is 2.82. The maximum Gasteiger partial charge on any atom is 0.228 e. The van der Waals surface area contributed by atoms with Gasteiger partial charge in [0.2, 0.25) is 11.7 Å². The third-order valence-corrected chi connectivity index (χ3v) is 3.45. The lowest BCUT2D eigenvalue weighted by atomic mass is 10.1. The summed E-state index contributed by atoms with van der Waals surface area (Å²) in [6, 6.07) is 10.6. The molecule has 0 atom stereocenters. The first-order valence-corrected chi connectivity index (χ1v) is 7.27. The van der Waals surface area contributed by atoms with Crippen LogP contribution >= 0.6 is 0 Å². The van der Waals surface area contributed by atoms with Crippen LogP contribution in [0.25, 0.3) is 0 Å². The molecule has 0 unspecified atom stereocenters. The molecule has 24 heavy (non-hydrogen) atoms. The van der Waals surface area contributed by atoms with Crippen molar-refractivity contribution in [2.24, 2.45) is 0 Å². The number of hydrogen-bond donors (Lipinski definition) is 1. The Hall–Kier alpha value is -3.13. The molecule has 0 aliphatic heterocycles. The van der Waals surface area contributed by atoms with Crippen LogP contribution in [0, 0.1) is 12.3 Å². The number of rotatable bonds is 6. The van der Waals surface area contributed by atoms with Gasteiger partial charge in [0.25, 0.3) is 0 Å². The van der Waals surface area contributed by atoms with Crippen LogP contribution in [0.1, 0.15) is 11.1 Å². The van der Waals surface area contributed by atoms with E-state index in [0.29, 0.717) is 34.1 Å². The van der Waals surface area contributed by atoms with E-state index in [9.17, 15) is 4.79 Å². The van der Waals surface area contributed by atoms with Crippen molar-refractivity contribution in [3.05, 3.63) is 47.5 Å². The summed E-state index contributed by atoms with van der Waals surface area (Å²) in [4.78, 5) is 12.3. The molecule has 0 radical (unpaired) electrons. The monoisotopic (exact) mass is 325 g/mol. The second kappa shape index (κ2) is 7.93. The number of carbonyl (C=O) groups is 1. The highest BCUT2D eigenvalue weighted by Gasteiger charge is 2.17. The van der Waals surface area contributed by atoms with Gasteiger partial charge < -0.3 is 19.5 Å². The number of amides is 1. The molecule has 0 aliphatic carbocycles. The van der Waals surface area contributed by atoms with Crippen LogP contribution in [-0.4, -0.2) is 27.2 Å². The molecule has 5 heteroatoms. The Morgan fingerprint density at radius 2 is 1.83 bits per heavy atom. The molecule has 0 heterocycles. The van der Waals surface area contributed by atoms with Crippen LogP contribution < -0.4 is 19.5 Å². The van der Waals surface area contributed by atoms with E-state index in [2.05, 4.69) is 11.2 Å². The van der Waals surface area contributed by atoms with E-state index >= 15 is 0 Å². The number of hydrogen-bond acceptors (Lipinski definition) is 4. The largest absolute Gasteiger partial charge is 0.493 e. The van der Waals surface area contributed by atoms with Crippen LogP contribution in [0.4, 0.5) is 5.69 Å². The molecule has 0 aromatic heterocycles. The summed E-state index contributed by atoms with van der Waals surface area (Å²) in [7, 11) is 4.59. The zero-order valence-corrected chi connectivity index (χ0v) is 13.9. The van der Waals surface area contributed by atoms with Gasteiger partial charge in [0, 0.05) is 16.8 Å². The van der Waals surface area contributed by atoms with Crippen molar-refractivity contribution >= 4 is 11.6 Å². The number of nitrogens with one attached hydrogen (secondary N) is 1. The molecular formula is C19H19NO4. The van der Waals surface area contributed by atoms with E-state index < -0.39 is 0 Å². The van der Waals surface area contributed by atoms with E-state index in [0.717, 1.165) is 0 Å². The molecule has 0 saturated heterocycles. The summed E-state index contributed by atoms with van der Waals surface area (Å²) in [6.45, 7) is 0. The van der Waals surface area contributed by atoms with E-state index in [1.54, 1.807) is 43.5 Å². The van der Waals surface area contributed by atoms with Crippen molar-refractivity contribution in [1.29, 1.82) is 0 Å². The Morgan fingerprint density at radius 3 is 2.46 bits per heavy atom. The fourth-order valence-electron chi connectivity index (χ4n) is 2.37. The van der Waals surface area contributed by atoms with Gasteiger partial charge in [-0.2, -0.15) is 0 Å². The molecule has 0 spiro atoms. The molecule has 0 bridgehead atoms. The summed E-state index contributed by atoms with van der Waals surface area (Å²) in [5.74, 6) is 3.83. The summed E-state index contributed by atoms with van der Waals surface area (Å²) in [5.41, 5.74) is 2.05. The number of carbonyl (C=O) groups excluding carboxylic acids is 1. The van der Waals surface area contributed by atoms with Gasteiger partial charge in [0.15, 0.2) is 11.5 Å². The second-order valence-electron chi connectivity index (χ2n) is 4.94. The Kier molecular flexibility index (Phi) is 5.69. The zero-order valence-electron chi connectivity index (χ0n) is 13.9. The maximum atomic E-state index is 12.3. The van der Waals surface area contributed by atoms with Crippen LogP contribution in [0.15, 0.2) is 36.4 Å². The molecule has 2 aromatic carbocycles. The van der Waals surface area contributed by atoms with Crippen LogP contribution in [0.5, 0.6) is 17.2 Å². The molecule has 0 saturated carbocycles. The molecule has 0 aliphatic rings. The third kappa shape index (κ3) is 3.79. The first kappa shape index (κ1) is 17.2. The molecule has 124 valence electrons. The number of methoxy groups -OCH3 is 3. The van der Waals surface area contributed by atoms with E-state index in [4.69, 9.17) is 20.6 Å². The highest BCUT2D eigenvalue weighted by Crippen LogP contribution is 2.39. The van der Waals surface area contributed by atoms with Gasteiger partial charge in [-0.25, -0.2) is 0 Å². The lowest BCUT2D eigenvalue weighted by molar-refractivity contribution is -0.115. The quantitative estimate of drug-likeness (QED) is 0.830. The van der Waals surface area contributed by atoms with Crippen molar-refractivity contribution < 1.29 is 19.0 Å². The van der Waals surface area contributed by atoms with Crippen LogP contribution in [-0.2, 0) is 11.2 Å². The standard InChI is InChI=1S/C19H19NO4/c1-5-13-7-6-8-15(11-13)20-17(21)12-14-9-10-16(22-2)19(24-4)18(14)23-3/h1,6-11H,12H2,2-4H3,(H,20,21). The predicted molar refractivity (Wildman–Crippen MR) is 92.8 cm³/mol. The van der Waals surface area contributed by atoms with Crippen molar-refractivity contribution in [1.82, 2.24) is 0 Å². The van der Waals surface area contributed by atoms with Crippen LogP contribution in [0.2, 0.25) is 0 Å². The molecule has 1 amide bonds. The van der Waals surface area contributed by atoms with E-state index in [-0.39, 0.29) is 12.3 Å².